The van der Waals surface area contributed by atoms with E-state index in [1.54, 1.807) is 7.05 Å². The molecule has 3 N–H and O–H groups in total. The number of hydrogen-bond donors (Lipinski definition) is 2. The van der Waals surface area contributed by atoms with Crippen LogP contribution >= 0.6 is 0 Å². The van der Waals surface area contributed by atoms with E-state index in [1.165, 1.54) is 25.7 Å². The molecular weight excluding hydrogens is 226 g/mol. The molecule has 1 aliphatic heterocycles. The molecule has 0 aromatic carbocycles. The van der Waals surface area contributed by atoms with Crippen LogP contribution in [0, 0.1) is 5.41 Å². The molecule has 4 nitrogen and oxygen atoms in total. The minimum Gasteiger partial charge on any atom is -0.359 e. The van der Waals surface area contributed by atoms with Gasteiger partial charge in [-0.15, -0.1) is 0 Å². The molecule has 2 aliphatic rings. The van der Waals surface area contributed by atoms with Crippen molar-refractivity contribution in [1.29, 1.82) is 0 Å². The van der Waals surface area contributed by atoms with Crippen LogP contribution in [-0.4, -0.2) is 43.0 Å². The van der Waals surface area contributed by atoms with Crippen molar-refractivity contribution in [2.75, 3.05) is 20.1 Å². The van der Waals surface area contributed by atoms with Gasteiger partial charge < -0.3 is 11.1 Å². The second kappa shape index (κ2) is 5.57. The van der Waals surface area contributed by atoms with Crippen molar-refractivity contribution >= 4 is 5.91 Å². The number of carbonyl (C=O) groups excluding carboxylic acids is 1. The first-order valence-corrected chi connectivity index (χ1v) is 7.29. The summed E-state index contributed by atoms with van der Waals surface area (Å²) in [6.45, 7) is 3.96. The van der Waals surface area contributed by atoms with Crippen molar-refractivity contribution in [2.24, 2.45) is 11.1 Å². The molecule has 0 bridgehead atoms. The zero-order valence-electron chi connectivity index (χ0n) is 11.7. The van der Waals surface area contributed by atoms with Gasteiger partial charge in [0.1, 0.15) is 0 Å². The predicted octanol–water partition coefficient (Wildman–Crippen LogP) is 1.10. The molecule has 1 amide bonds. The zero-order valence-corrected chi connectivity index (χ0v) is 11.7. The normalized spacial score (nSPS) is 38.4. The predicted molar refractivity (Wildman–Crippen MR) is 73.2 cm³/mol. The Kier molecular flexibility index (Phi) is 4.28. The van der Waals surface area contributed by atoms with Gasteiger partial charge in [-0.1, -0.05) is 19.3 Å². The molecule has 1 aliphatic carbocycles. The minimum atomic E-state index is -0.221. The zero-order chi connectivity index (χ0) is 13.2. The summed E-state index contributed by atoms with van der Waals surface area (Å²) >= 11 is 0. The van der Waals surface area contributed by atoms with E-state index in [0.29, 0.717) is 12.1 Å². The third-order valence-electron chi connectivity index (χ3n) is 4.78. The molecule has 2 fully saturated rings. The smallest absolute Gasteiger partial charge is 0.227 e. The second-order valence-corrected chi connectivity index (χ2v) is 6.23. The van der Waals surface area contributed by atoms with E-state index >= 15 is 0 Å². The van der Waals surface area contributed by atoms with Gasteiger partial charge in [0.2, 0.25) is 5.91 Å². The Morgan fingerprint density at radius 3 is 2.78 bits per heavy atom. The Labute approximate surface area is 110 Å². The molecule has 2 rings (SSSR count). The van der Waals surface area contributed by atoms with Gasteiger partial charge >= 0.3 is 0 Å². The van der Waals surface area contributed by atoms with E-state index < -0.39 is 0 Å². The van der Waals surface area contributed by atoms with E-state index in [2.05, 4.69) is 17.1 Å². The summed E-state index contributed by atoms with van der Waals surface area (Å²) in [5.74, 6) is 0.173. The van der Waals surface area contributed by atoms with Gasteiger partial charge in [-0.25, -0.2) is 0 Å². The molecule has 18 heavy (non-hydrogen) atoms. The topological polar surface area (TPSA) is 58.4 Å². The summed E-state index contributed by atoms with van der Waals surface area (Å²) in [7, 11) is 1.73. The number of nitrogens with zero attached hydrogens (tertiary/aromatic N) is 1. The lowest BCUT2D eigenvalue weighted by molar-refractivity contribution is -0.129. The highest BCUT2D eigenvalue weighted by Gasteiger charge is 2.42. The van der Waals surface area contributed by atoms with Crippen LogP contribution in [0.25, 0.3) is 0 Å². The van der Waals surface area contributed by atoms with Gasteiger partial charge in [0, 0.05) is 25.7 Å². The number of amides is 1. The molecule has 1 saturated heterocycles. The maximum Gasteiger partial charge on any atom is 0.227 e. The molecule has 1 saturated carbocycles. The standard InChI is InChI=1S/C14H27N3O/c1-14(13(18)16-2)8-9-17(10-14)12-7-5-3-4-6-11(12)15/h11-12H,3-10,15H2,1-2H3,(H,16,18). The van der Waals surface area contributed by atoms with Crippen molar-refractivity contribution in [3.05, 3.63) is 0 Å². The van der Waals surface area contributed by atoms with Gasteiger partial charge in [-0.2, -0.15) is 0 Å². The fourth-order valence-corrected chi connectivity index (χ4v) is 3.54. The van der Waals surface area contributed by atoms with Gasteiger partial charge in [0.15, 0.2) is 0 Å². The monoisotopic (exact) mass is 253 g/mol. The number of hydrogen-bond acceptors (Lipinski definition) is 3. The third kappa shape index (κ3) is 2.69. The van der Waals surface area contributed by atoms with Crippen LogP contribution in [0.3, 0.4) is 0 Å². The highest BCUT2D eigenvalue weighted by molar-refractivity contribution is 5.82. The fourth-order valence-electron chi connectivity index (χ4n) is 3.54. The van der Waals surface area contributed by atoms with E-state index in [1.807, 2.05) is 0 Å². The van der Waals surface area contributed by atoms with Crippen molar-refractivity contribution < 1.29 is 4.79 Å². The first kappa shape index (κ1) is 13.8. The Bertz CT molecular complexity index is 307. The Balaban J connectivity index is 2.01. The molecule has 0 radical (unpaired) electrons. The molecular formula is C14H27N3O. The maximum atomic E-state index is 11.9. The van der Waals surface area contributed by atoms with Crippen LogP contribution in [0.2, 0.25) is 0 Å². The van der Waals surface area contributed by atoms with Gasteiger partial charge in [-0.05, 0) is 32.7 Å². The van der Waals surface area contributed by atoms with Crippen LogP contribution in [-0.2, 0) is 4.79 Å². The highest BCUT2D eigenvalue weighted by Crippen LogP contribution is 2.34. The molecule has 1 heterocycles. The Morgan fingerprint density at radius 1 is 1.33 bits per heavy atom. The maximum absolute atomic E-state index is 11.9. The Hall–Kier alpha value is -0.610. The lowest BCUT2D eigenvalue weighted by Gasteiger charge is -2.32. The summed E-state index contributed by atoms with van der Waals surface area (Å²) in [6.07, 6.45) is 7.15. The minimum absolute atomic E-state index is 0.173. The largest absolute Gasteiger partial charge is 0.359 e. The lowest BCUT2D eigenvalue weighted by Crippen LogP contribution is -2.48. The Morgan fingerprint density at radius 2 is 2.06 bits per heavy atom. The molecule has 0 spiro atoms. The van der Waals surface area contributed by atoms with Crippen LogP contribution in [0.15, 0.2) is 0 Å². The highest BCUT2D eigenvalue weighted by atomic mass is 16.2. The van der Waals surface area contributed by atoms with Crippen LogP contribution < -0.4 is 11.1 Å². The van der Waals surface area contributed by atoms with E-state index in [0.717, 1.165) is 25.9 Å². The van der Waals surface area contributed by atoms with Crippen molar-refractivity contribution in [3.8, 4) is 0 Å². The fraction of sp³-hybridized carbons (Fsp3) is 0.929. The van der Waals surface area contributed by atoms with Crippen molar-refractivity contribution in [2.45, 2.75) is 57.5 Å². The second-order valence-electron chi connectivity index (χ2n) is 6.23. The molecule has 0 aromatic heterocycles. The summed E-state index contributed by atoms with van der Waals surface area (Å²) < 4.78 is 0. The summed E-state index contributed by atoms with van der Waals surface area (Å²) in [5.41, 5.74) is 6.09. The number of rotatable bonds is 2. The first-order chi connectivity index (χ1) is 8.57. The average Bonchev–Trinajstić information content (AvgIpc) is 2.63. The molecule has 104 valence electrons. The van der Waals surface area contributed by atoms with E-state index in [-0.39, 0.29) is 11.3 Å². The summed E-state index contributed by atoms with van der Waals surface area (Å²) in [4.78, 5) is 14.4. The van der Waals surface area contributed by atoms with Gasteiger partial charge in [0.05, 0.1) is 5.41 Å². The van der Waals surface area contributed by atoms with Crippen LogP contribution in [0.4, 0.5) is 0 Å². The summed E-state index contributed by atoms with van der Waals surface area (Å²) in [6, 6.07) is 0.776. The quantitative estimate of drug-likeness (QED) is 0.725. The molecule has 3 atom stereocenters. The van der Waals surface area contributed by atoms with E-state index in [4.69, 9.17) is 5.73 Å². The molecule has 3 unspecified atom stereocenters. The molecule has 4 heteroatoms. The SMILES string of the molecule is CNC(=O)C1(C)CCN(C2CCCCCC2N)C1. The van der Waals surface area contributed by atoms with E-state index in [9.17, 15) is 4.79 Å². The summed E-state index contributed by atoms with van der Waals surface area (Å²) in [5, 5.41) is 2.80. The van der Waals surface area contributed by atoms with Crippen LogP contribution in [0.1, 0.15) is 45.4 Å². The number of nitrogens with one attached hydrogen (secondary N) is 1. The lowest BCUT2D eigenvalue weighted by atomic mass is 9.88. The van der Waals surface area contributed by atoms with Crippen molar-refractivity contribution in [1.82, 2.24) is 10.2 Å². The molecule has 0 aromatic rings. The number of nitrogens with two attached hydrogens (primary N) is 1. The van der Waals surface area contributed by atoms with Gasteiger partial charge in [0.25, 0.3) is 0 Å². The number of likely N-dealkylation sites (tertiary alicyclic amines) is 1. The third-order valence-corrected chi connectivity index (χ3v) is 4.78. The number of carbonyl (C=O) groups is 1. The average molecular weight is 253 g/mol. The van der Waals surface area contributed by atoms with Crippen LogP contribution in [0.5, 0.6) is 0 Å². The van der Waals surface area contributed by atoms with Gasteiger partial charge in [-0.3, -0.25) is 9.69 Å². The first-order valence-electron chi connectivity index (χ1n) is 7.29. The van der Waals surface area contributed by atoms with Crippen molar-refractivity contribution in [3.63, 3.8) is 0 Å².